The molecule has 0 bridgehead atoms. The van der Waals surface area contributed by atoms with Crippen LogP contribution in [-0.2, 0) is 14.8 Å². The molecule has 0 N–H and O–H groups in total. The predicted octanol–water partition coefficient (Wildman–Crippen LogP) is 1.46. The molecular formula is C10H15F3N2O3S. The maximum absolute atomic E-state index is 12.0. The molecular weight excluding hydrogens is 285 g/mol. The summed E-state index contributed by atoms with van der Waals surface area (Å²) in [5.41, 5.74) is 0. The molecule has 1 aliphatic rings. The predicted molar refractivity (Wildman–Crippen MR) is 61.8 cm³/mol. The van der Waals surface area contributed by atoms with Gasteiger partial charge in [0.1, 0.15) is 0 Å². The van der Waals surface area contributed by atoms with Crippen molar-refractivity contribution in [1.82, 2.24) is 4.31 Å². The second kappa shape index (κ2) is 6.49. The fraction of sp³-hybridized carbons (Fsp3) is 0.900. The van der Waals surface area contributed by atoms with Crippen molar-refractivity contribution in [2.24, 2.45) is 4.99 Å². The molecule has 0 aromatic carbocycles. The van der Waals surface area contributed by atoms with E-state index in [0.29, 0.717) is 12.8 Å². The first kappa shape index (κ1) is 16.1. The number of halogens is 3. The normalized spacial score (nSPS) is 19.1. The smallest absolute Gasteiger partial charge is 0.212 e. The molecule has 9 heteroatoms. The van der Waals surface area contributed by atoms with Gasteiger partial charge in [-0.05, 0) is 19.3 Å². The number of hydrogen-bond acceptors (Lipinski definition) is 4. The molecule has 1 aliphatic heterocycles. The van der Waals surface area contributed by atoms with E-state index < -0.39 is 34.8 Å². The summed E-state index contributed by atoms with van der Waals surface area (Å²) in [6, 6.07) is -0.237. The maximum Gasteiger partial charge on any atom is 0.389 e. The summed E-state index contributed by atoms with van der Waals surface area (Å²) in [5.74, 6) is -0.506. The van der Waals surface area contributed by atoms with Crippen LogP contribution in [0, 0.1) is 0 Å². The van der Waals surface area contributed by atoms with Crippen LogP contribution in [0.15, 0.2) is 4.99 Å². The second-order valence-corrected chi connectivity index (χ2v) is 6.47. The summed E-state index contributed by atoms with van der Waals surface area (Å²) in [5, 5.41) is 0. The highest BCUT2D eigenvalue weighted by Crippen LogP contribution is 2.23. The third kappa shape index (κ3) is 5.71. The zero-order valence-corrected chi connectivity index (χ0v) is 11.0. The minimum absolute atomic E-state index is 0.185. The van der Waals surface area contributed by atoms with E-state index in [-0.39, 0.29) is 19.1 Å². The van der Waals surface area contributed by atoms with Crippen molar-refractivity contribution in [3.63, 3.8) is 0 Å². The number of sulfonamides is 1. The fourth-order valence-electron chi connectivity index (χ4n) is 1.91. The molecule has 19 heavy (non-hydrogen) atoms. The number of rotatable bonds is 5. The Labute approximate surface area is 109 Å². The molecule has 0 aliphatic carbocycles. The number of nitrogens with zero attached hydrogens (tertiary/aromatic N) is 2. The summed E-state index contributed by atoms with van der Waals surface area (Å²) in [6.45, 7) is 0.369. The van der Waals surface area contributed by atoms with Gasteiger partial charge in [-0.3, -0.25) is 0 Å². The molecule has 0 aromatic heterocycles. The summed E-state index contributed by atoms with van der Waals surface area (Å²) in [6.07, 6.45) is -3.65. The summed E-state index contributed by atoms with van der Waals surface area (Å²) in [7, 11) is -3.65. The van der Waals surface area contributed by atoms with Gasteiger partial charge in [-0.25, -0.2) is 22.5 Å². The van der Waals surface area contributed by atoms with E-state index in [0.717, 1.165) is 0 Å². The number of piperidine rings is 1. The molecule has 0 unspecified atom stereocenters. The molecule has 0 amide bonds. The van der Waals surface area contributed by atoms with Gasteiger partial charge in [0.15, 0.2) is 0 Å². The van der Waals surface area contributed by atoms with Crippen molar-refractivity contribution < 1.29 is 26.4 Å². The van der Waals surface area contributed by atoms with Gasteiger partial charge in [-0.2, -0.15) is 13.2 Å². The number of aliphatic imine (C=N–C) groups is 1. The van der Waals surface area contributed by atoms with Crippen LogP contribution in [0.25, 0.3) is 0 Å². The van der Waals surface area contributed by atoms with Gasteiger partial charge in [-0.1, -0.05) is 0 Å². The fourth-order valence-corrected chi connectivity index (χ4v) is 3.44. The van der Waals surface area contributed by atoms with E-state index in [4.69, 9.17) is 0 Å². The summed E-state index contributed by atoms with van der Waals surface area (Å²) >= 11 is 0. The zero-order valence-electron chi connectivity index (χ0n) is 10.2. The highest BCUT2D eigenvalue weighted by atomic mass is 32.2. The molecule has 1 saturated heterocycles. The van der Waals surface area contributed by atoms with Crippen molar-refractivity contribution in [1.29, 1.82) is 0 Å². The van der Waals surface area contributed by atoms with E-state index >= 15 is 0 Å². The molecule has 5 nitrogen and oxygen atoms in total. The highest BCUT2D eigenvalue weighted by Gasteiger charge is 2.31. The Kier molecular flexibility index (Phi) is 5.51. The van der Waals surface area contributed by atoms with Crippen molar-refractivity contribution in [3.05, 3.63) is 0 Å². The number of alkyl halides is 3. The Bertz CT molecular complexity index is 435. The molecule has 110 valence electrons. The zero-order chi connectivity index (χ0) is 14.5. The maximum atomic E-state index is 12.0. The standard InChI is InChI=1S/C10H15F3N2O3S/c11-10(12,13)4-1-7-19(17,18)15-5-2-9(3-6-15)14-8-16/h9H,1-7H2. The Morgan fingerprint density at radius 3 is 2.32 bits per heavy atom. The lowest BCUT2D eigenvalue weighted by molar-refractivity contribution is -0.134. The molecule has 0 atom stereocenters. The van der Waals surface area contributed by atoms with Crippen LogP contribution in [0.3, 0.4) is 0 Å². The first-order chi connectivity index (χ1) is 8.74. The molecule has 1 rings (SSSR count). The van der Waals surface area contributed by atoms with E-state index in [9.17, 15) is 26.4 Å². The van der Waals surface area contributed by atoms with Gasteiger partial charge in [0.25, 0.3) is 0 Å². The second-order valence-electron chi connectivity index (χ2n) is 4.39. The van der Waals surface area contributed by atoms with Gasteiger partial charge >= 0.3 is 6.18 Å². The molecule has 0 radical (unpaired) electrons. The number of hydrogen-bond donors (Lipinski definition) is 0. The Morgan fingerprint density at radius 1 is 1.26 bits per heavy atom. The molecule has 1 heterocycles. The van der Waals surface area contributed by atoms with Gasteiger partial charge in [0, 0.05) is 19.5 Å². The molecule has 0 aromatic rings. The van der Waals surface area contributed by atoms with Crippen LogP contribution < -0.4 is 0 Å². The van der Waals surface area contributed by atoms with Gasteiger partial charge in [-0.15, -0.1) is 0 Å². The monoisotopic (exact) mass is 300 g/mol. The van der Waals surface area contributed by atoms with Crippen LogP contribution in [0.4, 0.5) is 13.2 Å². The van der Waals surface area contributed by atoms with E-state index in [1.807, 2.05) is 0 Å². The van der Waals surface area contributed by atoms with E-state index in [1.54, 1.807) is 0 Å². The Balaban J connectivity index is 2.44. The average Bonchev–Trinajstić information content (AvgIpc) is 2.28. The van der Waals surface area contributed by atoms with E-state index in [2.05, 4.69) is 4.99 Å². The number of isocyanates is 1. The van der Waals surface area contributed by atoms with Crippen LogP contribution in [0.2, 0.25) is 0 Å². The van der Waals surface area contributed by atoms with Gasteiger partial charge in [0.2, 0.25) is 16.1 Å². The van der Waals surface area contributed by atoms with Gasteiger partial charge in [0.05, 0.1) is 11.8 Å². The van der Waals surface area contributed by atoms with Crippen molar-refractivity contribution >= 4 is 16.1 Å². The summed E-state index contributed by atoms with van der Waals surface area (Å²) in [4.78, 5) is 13.6. The first-order valence-electron chi connectivity index (χ1n) is 5.86. The van der Waals surface area contributed by atoms with Crippen LogP contribution in [0.1, 0.15) is 25.7 Å². The SMILES string of the molecule is O=C=NC1CCN(S(=O)(=O)CCCC(F)(F)F)CC1. The highest BCUT2D eigenvalue weighted by molar-refractivity contribution is 7.89. The largest absolute Gasteiger partial charge is 0.389 e. The van der Waals surface area contributed by atoms with Crippen molar-refractivity contribution in [2.75, 3.05) is 18.8 Å². The molecule has 0 spiro atoms. The quantitative estimate of drug-likeness (QED) is 0.570. The van der Waals surface area contributed by atoms with Crippen LogP contribution in [-0.4, -0.2) is 49.9 Å². The average molecular weight is 300 g/mol. The lowest BCUT2D eigenvalue weighted by Gasteiger charge is -2.28. The Morgan fingerprint density at radius 2 is 1.84 bits per heavy atom. The third-order valence-electron chi connectivity index (χ3n) is 2.91. The van der Waals surface area contributed by atoms with E-state index in [1.165, 1.54) is 10.4 Å². The third-order valence-corrected chi connectivity index (χ3v) is 4.87. The van der Waals surface area contributed by atoms with Crippen LogP contribution in [0.5, 0.6) is 0 Å². The minimum atomic E-state index is -4.33. The number of carbonyl (C=O) groups excluding carboxylic acids is 1. The lowest BCUT2D eigenvalue weighted by atomic mass is 10.1. The van der Waals surface area contributed by atoms with Crippen molar-refractivity contribution in [2.45, 2.75) is 37.9 Å². The Hall–Kier alpha value is -0.920. The molecule has 1 fully saturated rings. The minimum Gasteiger partial charge on any atom is -0.212 e. The van der Waals surface area contributed by atoms with Crippen LogP contribution >= 0.6 is 0 Å². The summed E-state index contributed by atoms with van der Waals surface area (Å²) < 4.78 is 60.6. The first-order valence-corrected chi connectivity index (χ1v) is 7.47. The van der Waals surface area contributed by atoms with Gasteiger partial charge < -0.3 is 0 Å². The lowest BCUT2D eigenvalue weighted by Crippen LogP contribution is -2.40. The topological polar surface area (TPSA) is 66.8 Å². The van der Waals surface area contributed by atoms with Crippen molar-refractivity contribution in [3.8, 4) is 0 Å². The molecule has 0 saturated carbocycles.